The fourth-order valence-corrected chi connectivity index (χ4v) is 1.63. The molecule has 21 heavy (non-hydrogen) atoms. The Kier molecular flexibility index (Phi) is 10.9. The van der Waals surface area contributed by atoms with Crippen LogP contribution < -0.4 is 0 Å². The highest BCUT2D eigenvalue weighted by molar-refractivity contribution is 5.72. The standard InChI is InChI=1S/C16H30O5/c1-12(2)11-20-15(17)7-6-8-16(18)21-14(4)13(3)9-10-19-5/h12-14H,6-11H2,1-5H3. The third kappa shape index (κ3) is 11.3. The molecule has 0 saturated heterocycles. The van der Waals surface area contributed by atoms with Crippen molar-refractivity contribution in [2.24, 2.45) is 11.8 Å². The van der Waals surface area contributed by atoms with Crippen molar-refractivity contribution in [3.8, 4) is 0 Å². The zero-order valence-electron chi connectivity index (χ0n) is 14.0. The van der Waals surface area contributed by atoms with Gasteiger partial charge in [0.25, 0.3) is 0 Å². The minimum absolute atomic E-state index is 0.138. The average Bonchev–Trinajstić information content (AvgIpc) is 2.42. The van der Waals surface area contributed by atoms with Gasteiger partial charge in [0.15, 0.2) is 0 Å². The second kappa shape index (κ2) is 11.5. The van der Waals surface area contributed by atoms with Gasteiger partial charge in [0.2, 0.25) is 0 Å². The maximum Gasteiger partial charge on any atom is 0.306 e. The Bertz CT molecular complexity index is 301. The number of rotatable bonds is 11. The van der Waals surface area contributed by atoms with Crippen LogP contribution in [0, 0.1) is 11.8 Å². The second-order valence-electron chi connectivity index (χ2n) is 5.88. The van der Waals surface area contributed by atoms with Gasteiger partial charge >= 0.3 is 11.9 Å². The van der Waals surface area contributed by atoms with Gasteiger partial charge < -0.3 is 14.2 Å². The van der Waals surface area contributed by atoms with Gasteiger partial charge in [-0.2, -0.15) is 0 Å². The van der Waals surface area contributed by atoms with Crippen LogP contribution in [0.25, 0.3) is 0 Å². The summed E-state index contributed by atoms with van der Waals surface area (Å²) in [4.78, 5) is 23.1. The van der Waals surface area contributed by atoms with Gasteiger partial charge in [0.1, 0.15) is 6.10 Å². The molecule has 0 amide bonds. The lowest BCUT2D eigenvalue weighted by Crippen LogP contribution is -2.23. The van der Waals surface area contributed by atoms with Gasteiger partial charge in [-0.3, -0.25) is 9.59 Å². The fourth-order valence-electron chi connectivity index (χ4n) is 1.63. The first-order valence-electron chi connectivity index (χ1n) is 7.70. The van der Waals surface area contributed by atoms with E-state index in [1.54, 1.807) is 7.11 Å². The van der Waals surface area contributed by atoms with Gasteiger partial charge in [-0.15, -0.1) is 0 Å². The van der Waals surface area contributed by atoms with E-state index in [4.69, 9.17) is 14.2 Å². The van der Waals surface area contributed by atoms with Gasteiger partial charge in [-0.25, -0.2) is 0 Å². The third-order valence-electron chi connectivity index (χ3n) is 3.24. The Morgan fingerprint density at radius 2 is 1.62 bits per heavy atom. The number of ether oxygens (including phenoxy) is 3. The van der Waals surface area contributed by atoms with Crippen molar-refractivity contribution < 1.29 is 23.8 Å². The molecule has 0 aromatic heterocycles. The summed E-state index contributed by atoms with van der Waals surface area (Å²) in [5.41, 5.74) is 0. The molecular weight excluding hydrogens is 272 g/mol. The van der Waals surface area contributed by atoms with Crippen LogP contribution in [0.4, 0.5) is 0 Å². The molecule has 0 fully saturated rings. The Morgan fingerprint density at radius 3 is 2.19 bits per heavy atom. The monoisotopic (exact) mass is 302 g/mol. The molecule has 0 heterocycles. The fraction of sp³-hybridized carbons (Fsp3) is 0.875. The van der Waals surface area contributed by atoms with E-state index in [0.29, 0.717) is 25.6 Å². The third-order valence-corrected chi connectivity index (χ3v) is 3.24. The highest BCUT2D eigenvalue weighted by Crippen LogP contribution is 2.13. The molecule has 0 spiro atoms. The summed E-state index contributed by atoms with van der Waals surface area (Å²) in [5, 5.41) is 0. The highest BCUT2D eigenvalue weighted by atomic mass is 16.5. The Labute approximate surface area is 128 Å². The molecule has 0 rings (SSSR count). The summed E-state index contributed by atoms with van der Waals surface area (Å²) >= 11 is 0. The zero-order valence-corrected chi connectivity index (χ0v) is 14.0. The maximum atomic E-state index is 11.7. The summed E-state index contributed by atoms with van der Waals surface area (Å²) in [6.45, 7) is 8.96. The van der Waals surface area contributed by atoms with Gasteiger partial charge in [-0.05, 0) is 31.6 Å². The molecule has 5 heteroatoms. The van der Waals surface area contributed by atoms with Crippen LogP contribution in [0.15, 0.2) is 0 Å². The van der Waals surface area contributed by atoms with Gasteiger partial charge in [0.05, 0.1) is 6.61 Å². The molecule has 5 nitrogen and oxygen atoms in total. The number of carbonyl (C=O) groups excluding carboxylic acids is 2. The molecule has 0 aromatic rings. The smallest absolute Gasteiger partial charge is 0.306 e. The normalized spacial score (nSPS) is 13.8. The molecule has 0 saturated carbocycles. The van der Waals surface area contributed by atoms with E-state index in [0.717, 1.165) is 6.42 Å². The Hall–Kier alpha value is -1.10. The van der Waals surface area contributed by atoms with Crippen molar-refractivity contribution >= 4 is 11.9 Å². The summed E-state index contributed by atoms with van der Waals surface area (Å²) < 4.78 is 15.4. The lowest BCUT2D eigenvalue weighted by Gasteiger charge is -2.20. The molecule has 0 aliphatic carbocycles. The SMILES string of the molecule is COCCC(C)C(C)OC(=O)CCCC(=O)OCC(C)C. The first kappa shape index (κ1) is 19.9. The van der Waals surface area contributed by atoms with E-state index in [-0.39, 0.29) is 36.8 Å². The van der Waals surface area contributed by atoms with Crippen LogP contribution in [0.2, 0.25) is 0 Å². The molecule has 0 aliphatic rings. The van der Waals surface area contributed by atoms with Crippen molar-refractivity contribution in [2.45, 2.75) is 59.5 Å². The topological polar surface area (TPSA) is 61.8 Å². The molecule has 2 atom stereocenters. The molecule has 124 valence electrons. The summed E-state index contributed by atoms with van der Waals surface area (Å²) in [5.74, 6) is 0.0692. The lowest BCUT2D eigenvalue weighted by atomic mass is 10.0. The molecule has 0 aromatic carbocycles. The number of esters is 2. The predicted molar refractivity (Wildman–Crippen MR) is 80.9 cm³/mol. The van der Waals surface area contributed by atoms with Crippen molar-refractivity contribution in [1.29, 1.82) is 0 Å². The lowest BCUT2D eigenvalue weighted by molar-refractivity contribution is -0.151. The van der Waals surface area contributed by atoms with Crippen LogP contribution in [0.5, 0.6) is 0 Å². The van der Waals surface area contributed by atoms with E-state index in [2.05, 4.69) is 0 Å². The molecule has 0 N–H and O–H groups in total. The van der Waals surface area contributed by atoms with Crippen LogP contribution in [-0.4, -0.2) is 38.4 Å². The van der Waals surface area contributed by atoms with E-state index in [1.165, 1.54) is 0 Å². The average molecular weight is 302 g/mol. The first-order valence-corrected chi connectivity index (χ1v) is 7.70. The van der Waals surface area contributed by atoms with Crippen molar-refractivity contribution in [1.82, 2.24) is 0 Å². The largest absolute Gasteiger partial charge is 0.465 e. The number of hydrogen-bond donors (Lipinski definition) is 0. The summed E-state index contributed by atoms with van der Waals surface area (Å²) in [6, 6.07) is 0. The van der Waals surface area contributed by atoms with Crippen LogP contribution in [0.3, 0.4) is 0 Å². The predicted octanol–water partition coefficient (Wildman–Crippen LogP) is 2.96. The Balaban J connectivity index is 3.77. The first-order chi connectivity index (χ1) is 9.86. The number of methoxy groups -OCH3 is 1. The van der Waals surface area contributed by atoms with Crippen LogP contribution >= 0.6 is 0 Å². The summed E-state index contributed by atoms with van der Waals surface area (Å²) in [7, 11) is 1.65. The van der Waals surface area contributed by atoms with Crippen molar-refractivity contribution in [2.75, 3.05) is 20.3 Å². The molecule has 0 aliphatic heterocycles. The van der Waals surface area contributed by atoms with E-state index in [1.807, 2.05) is 27.7 Å². The number of carbonyl (C=O) groups is 2. The minimum atomic E-state index is -0.261. The van der Waals surface area contributed by atoms with Gasteiger partial charge in [-0.1, -0.05) is 20.8 Å². The van der Waals surface area contributed by atoms with Crippen LogP contribution in [0.1, 0.15) is 53.4 Å². The van der Waals surface area contributed by atoms with E-state index < -0.39 is 0 Å². The van der Waals surface area contributed by atoms with Gasteiger partial charge in [0, 0.05) is 26.6 Å². The minimum Gasteiger partial charge on any atom is -0.465 e. The Morgan fingerprint density at radius 1 is 1.00 bits per heavy atom. The zero-order chi connectivity index (χ0) is 16.3. The van der Waals surface area contributed by atoms with E-state index in [9.17, 15) is 9.59 Å². The quantitative estimate of drug-likeness (QED) is 0.549. The van der Waals surface area contributed by atoms with E-state index >= 15 is 0 Å². The highest BCUT2D eigenvalue weighted by Gasteiger charge is 2.17. The molecule has 2 unspecified atom stereocenters. The summed E-state index contributed by atoms with van der Waals surface area (Å²) in [6.07, 6.45) is 1.69. The number of hydrogen-bond acceptors (Lipinski definition) is 5. The maximum absolute atomic E-state index is 11.7. The molecule has 0 radical (unpaired) electrons. The second-order valence-corrected chi connectivity index (χ2v) is 5.88. The molecular formula is C16H30O5. The van der Waals surface area contributed by atoms with Crippen molar-refractivity contribution in [3.05, 3.63) is 0 Å². The van der Waals surface area contributed by atoms with Crippen molar-refractivity contribution in [3.63, 3.8) is 0 Å². The van der Waals surface area contributed by atoms with Crippen LogP contribution in [-0.2, 0) is 23.8 Å². The molecule has 0 bridgehead atoms.